The van der Waals surface area contributed by atoms with E-state index in [1.807, 2.05) is 0 Å². The Morgan fingerprint density at radius 1 is 1.33 bits per heavy atom. The van der Waals surface area contributed by atoms with E-state index in [1.165, 1.54) is 45.3 Å². The first-order valence-electron chi connectivity index (χ1n) is 6.31. The van der Waals surface area contributed by atoms with E-state index in [2.05, 4.69) is 17.1 Å². The fraction of sp³-hybridized carbons (Fsp3) is 1.00. The van der Waals surface area contributed by atoms with Crippen molar-refractivity contribution in [1.29, 1.82) is 0 Å². The molecule has 0 aromatic carbocycles. The van der Waals surface area contributed by atoms with Crippen LogP contribution < -0.4 is 5.32 Å². The molecule has 1 atom stereocenters. The number of rotatable bonds is 7. The maximum Gasteiger partial charge on any atom is 0.0589 e. The van der Waals surface area contributed by atoms with Crippen molar-refractivity contribution in [3.8, 4) is 0 Å². The predicted molar refractivity (Wildman–Crippen MR) is 64.2 cm³/mol. The number of hydrogen-bond acceptors (Lipinski definition) is 3. The number of nitrogens with zero attached hydrogens (tertiary/aromatic N) is 1. The Morgan fingerprint density at radius 3 is 2.80 bits per heavy atom. The number of piperidine rings is 1. The van der Waals surface area contributed by atoms with Gasteiger partial charge in [-0.3, -0.25) is 4.90 Å². The maximum absolute atomic E-state index is 5.15. The Balaban J connectivity index is 2.21. The fourth-order valence-corrected chi connectivity index (χ4v) is 2.22. The van der Waals surface area contributed by atoms with E-state index in [0.29, 0.717) is 6.04 Å². The molecular formula is C12H26N2O. The Morgan fingerprint density at radius 2 is 2.20 bits per heavy atom. The lowest BCUT2D eigenvalue weighted by molar-refractivity contribution is 0.137. The quantitative estimate of drug-likeness (QED) is 0.695. The van der Waals surface area contributed by atoms with E-state index in [4.69, 9.17) is 4.74 Å². The van der Waals surface area contributed by atoms with E-state index in [-0.39, 0.29) is 0 Å². The Labute approximate surface area is 94.2 Å². The Hall–Kier alpha value is -0.120. The van der Waals surface area contributed by atoms with E-state index < -0.39 is 0 Å². The third-order valence-electron chi connectivity index (χ3n) is 3.04. The highest BCUT2D eigenvalue weighted by molar-refractivity contribution is 4.76. The van der Waals surface area contributed by atoms with Crippen molar-refractivity contribution in [2.24, 2.45) is 0 Å². The van der Waals surface area contributed by atoms with Gasteiger partial charge in [-0.25, -0.2) is 0 Å². The molecule has 1 saturated heterocycles. The summed E-state index contributed by atoms with van der Waals surface area (Å²) in [5.74, 6) is 0. The zero-order valence-corrected chi connectivity index (χ0v) is 10.3. The highest BCUT2D eigenvalue weighted by Crippen LogP contribution is 2.08. The van der Waals surface area contributed by atoms with Gasteiger partial charge in [0.25, 0.3) is 0 Å². The van der Waals surface area contributed by atoms with Gasteiger partial charge in [0.2, 0.25) is 0 Å². The van der Waals surface area contributed by atoms with Crippen LogP contribution >= 0.6 is 0 Å². The summed E-state index contributed by atoms with van der Waals surface area (Å²) in [4.78, 5) is 2.52. The molecule has 1 unspecified atom stereocenters. The minimum absolute atomic E-state index is 0.710. The standard InChI is InChI=1S/C12H26N2O/c1-3-8-14(9-10-15-2)11-12-6-4-5-7-13-12/h12-13H,3-11H2,1-2H3. The fourth-order valence-electron chi connectivity index (χ4n) is 2.22. The smallest absolute Gasteiger partial charge is 0.0589 e. The maximum atomic E-state index is 5.15. The molecular weight excluding hydrogens is 188 g/mol. The van der Waals surface area contributed by atoms with Crippen molar-refractivity contribution < 1.29 is 4.74 Å². The third-order valence-corrected chi connectivity index (χ3v) is 3.04. The van der Waals surface area contributed by atoms with Gasteiger partial charge in [0, 0.05) is 26.2 Å². The summed E-state index contributed by atoms with van der Waals surface area (Å²) in [6, 6.07) is 0.710. The first-order valence-corrected chi connectivity index (χ1v) is 6.31. The molecule has 90 valence electrons. The van der Waals surface area contributed by atoms with E-state index >= 15 is 0 Å². The van der Waals surface area contributed by atoms with Crippen molar-refractivity contribution in [3.63, 3.8) is 0 Å². The normalized spacial score (nSPS) is 22.2. The van der Waals surface area contributed by atoms with Crippen molar-refractivity contribution >= 4 is 0 Å². The van der Waals surface area contributed by atoms with Crippen LogP contribution in [0.5, 0.6) is 0 Å². The van der Waals surface area contributed by atoms with Gasteiger partial charge < -0.3 is 10.1 Å². The van der Waals surface area contributed by atoms with E-state index in [1.54, 1.807) is 7.11 Å². The molecule has 3 nitrogen and oxygen atoms in total. The SMILES string of the molecule is CCCN(CCOC)CC1CCCCN1. The van der Waals surface area contributed by atoms with Crippen molar-refractivity contribution in [1.82, 2.24) is 10.2 Å². The lowest BCUT2D eigenvalue weighted by Gasteiger charge is -2.30. The second-order valence-corrected chi connectivity index (χ2v) is 4.44. The third kappa shape index (κ3) is 5.50. The minimum Gasteiger partial charge on any atom is -0.383 e. The van der Waals surface area contributed by atoms with Crippen LogP contribution in [0, 0.1) is 0 Å². The van der Waals surface area contributed by atoms with Gasteiger partial charge >= 0.3 is 0 Å². The van der Waals surface area contributed by atoms with Crippen molar-refractivity contribution in [3.05, 3.63) is 0 Å². The molecule has 1 aliphatic heterocycles. The molecule has 1 heterocycles. The average molecular weight is 214 g/mol. The lowest BCUT2D eigenvalue weighted by atomic mass is 10.0. The Kier molecular flexibility index (Phi) is 6.98. The van der Waals surface area contributed by atoms with Crippen LogP contribution in [0.4, 0.5) is 0 Å². The van der Waals surface area contributed by atoms with Gasteiger partial charge in [-0.2, -0.15) is 0 Å². The molecule has 0 aromatic rings. The summed E-state index contributed by atoms with van der Waals surface area (Å²) < 4.78 is 5.15. The topological polar surface area (TPSA) is 24.5 Å². The van der Waals surface area contributed by atoms with Crippen LogP contribution in [0.15, 0.2) is 0 Å². The first kappa shape index (κ1) is 12.9. The molecule has 0 aliphatic carbocycles. The van der Waals surface area contributed by atoms with Crippen LogP contribution in [-0.4, -0.2) is 50.8 Å². The summed E-state index contributed by atoms with van der Waals surface area (Å²) in [6.45, 7) is 7.76. The van der Waals surface area contributed by atoms with Crippen LogP contribution in [0.25, 0.3) is 0 Å². The summed E-state index contributed by atoms with van der Waals surface area (Å²) in [5, 5.41) is 3.60. The highest BCUT2D eigenvalue weighted by atomic mass is 16.5. The second kappa shape index (κ2) is 8.08. The molecule has 3 heteroatoms. The van der Waals surface area contributed by atoms with E-state index in [9.17, 15) is 0 Å². The summed E-state index contributed by atoms with van der Waals surface area (Å²) in [7, 11) is 1.78. The van der Waals surface area contributed by atoms with Gasteiger partial charge in [-0.05, 0) is 32.4 Å². The molecule has 0 radical (unpaired) electrons. The summed E-state index contributed by atoms with van der Waals surface area (Å²) >= 11 is 0. The molecule has 0 aromatic heterocycles. The molecule has 0 bridgehead atoms. The molecule has 0 spiro atoms. The summed E-state index contributed by atoms with van der Waals surface area (Å²) in [6.07, 6.45) is 5.31. The predicted octanol–water partition coefficient (Wildman–Crippen LogP) is 1.49. The molecule has 15 heavy (non-hydrogen) atoms. The van der Waals surface area contributed by atoms with Gasteiger partial charge in [0.15, 0.2) is 0 Å². The number of nitrogens with one attached hydrogen (secondary N) is 1. The molecule has 1 fully saturated rings. The first-order chi connectivity index (χ1) is 7.36. The van der Waals surface area contributed by atoms with Gasteiger partial charge in [-0.15, -0.1) is 0 Å². The van der Waals surface area contributed by atoms with Crippen LogP contribution in [0.3, 0.4) is 0 Å². The molecule has 1 rings (SSSR count). The zero-order valence-electron chi connectivity index (χ0n) is 10.3. The van der Waals surface area contributed by atoms with E-state index in [0.717, 1.165) is 13.2 Å². The number of ether oxygens (including phenoxy) is 1. The lowest BCUT2D eigenvalue weighted by Crippen LogP contribution is -2.44. The largest absolute Gasteiger partial charge is 0.383 e. The molecule has 1 aliphatic rings. The van der Waals surface area contributed by atoms with Gasteiger partial charge in [0.05, 0.1) is 6.61 Å². The summed E-state index contributed by atoms with van der Waals surface area (Å²) in [5.41, 5.74) is 0. The van der Waals surface area contributed by atoms with Crippen LogP contribution in [0.1, 0.15) is 32.6 Å². The van der Waals surface area contributed by atoms with Crippen LogP contribution in [-0.2, 0) is 4.74 Å². The zero-order chi connectivity index (χ0) is 10.9. The number of hydrogen-bond donors (Lipinski definition) is 1. The molecule has 1 N–H and O–H groups in total. The average Bonchev–Trinajstić information content (AvgIpc) is 2.28. The second-order valence-electron chi connectivity index (χ2n) is 4.44. The minimum atomic E-state index is 0.710. The number of methoxy groups -OCH3 is 1. The molecule has 0 amide bonds. The van der Waals surface area contributed by atoms with Gasteiger partial charge in [-0.1, -0.05) is 13.3 Å². The highest BCUT2D eigenvalue weighted by Gasteiger charge is 2.15. The molecule has 0 saturated carbocycles. The Bertz CT molecular complexity index is 147. The van der Waals surface area contributed by atoms with Crippen molar-refractivity contribution in [2.45, 2.75) is 38.6 Å². The van der Waals surface area contributed by atoms with Gasteiger partial charge in [0.1, 0.15) is 0 Å². The van der Waals surface area contributed by atoms with Crippen LogP contribution in [0.2, 0.25) is 0 Å². The monoisotopic (exact) mass is 214 g/mol. The van der Waals surface area contributed by atoms with Crippen molar-refractivity contribution in [2.75, 3.05) is 39.9 Å².